The Kier molecular flexibility index (Phi) is 29.4. The predicted molar refractivity (Wildman–Crippen MR) is 180 cm³/mol. The summed E-state index contributed by atoms with van der Waals surface area (Å²) in [6, 6.07) is -1.52. The summed E-state index contributed by atoms with van der Waals surface area (Å²) in [6.45, 7) is 2.71. The van der Waals surface area contributed by atoms with Crippen LogP contribution in [0.25, 0.3) is 0 Å². The minimum absolute atomic E-state index is 0.144. The zero-order chi connectivity index (χ0) is 34.3. The van der Waals surface area contributed by atoms with Crippen LogP contribution < -0.4 is 5.73 Å². The lowest BCUT2D eigenvalue weighted by atomic mass is 10.1. The topological polar surface area (TPSA) is 172 Å². The number of allylic oxidation sites excluding steroid dienone is 2. The number of aliphatic carboxylic acids is 1. The molecule has 11 nitrogen and oxygen atoms in total. The number of carbonyl (C=O) groups excluding carboxylic acids is 2. The molecule has 46 heavy (non-hydrogen) atoms. The first-order valence-corrected chi connectivity index (χ1v) is 19.2. The van der Waals surface area contributed by atoms with Gasteiger partial charge in [0.05, 0.1) is 13.2 Å². The lowest BCUT2D eigenvalue weighted by molar-refractivity contribution is -0.161. The molecule has 270 valence electrons. The zero-order valence-corrected chi connectivity index (χ0v) is 29.6. The summed E-state index contributed by atoms with van der Waals surface area (Å²) >= 11 is 0. The predicted octanol–water partition coefficient (Wildman–Crippen LogP) is 8.17. The second-order valence-electron chi connectivity index (χ2n) is 12.0. The molecule has 1 unspecified atom stereocenters. The molecule has 0 bridgehead atoms. The normalized spacial score (nSPS) is 14.2. The summed E-state index contributed by atoms with van der Waals surface area (Å²) in [5.74, 6) is -2.40. The average Bonchev–Trinajstić information content (AvgIpc) is 3.02. The Morgan fingerprint density at radius 3 is 1.61 bits per heavy atom. The number of phosphoric acid groups is 1. The van der Waals surface area contributed by atoms with E-state index in [1.165, 1.54) is 70.6 Å². The van der Waals surface area contributed by atoms with E-state index in [0.29, 0.717) is 12.8 Å². The van der Waals surface area contributed by atoms with Gasteiger partial charge < -0.3 is 25.2 Å². The standard InChI is InChI=1S/C34H64NO10P/c1-3-5-7-9-11-12-13-14-15-16-17-18-20-22-24-26-33(37)45-30(28-43-46(40,41)44-29-31(35)34(38)39)27-42-32(36)25-23-21-19-10-8-6-4-2/h16-17,30-31H,3-15,18-29,35H2,1-2H3,(H,38,39)(H,40,41)/b17-16+/t30-,31-/m0/s1. The summed E-state index contributed by atoms with van der Waals surface area (Å²) in [5.41, 5.74) is 5.29. The van der Waals surface area contributed by atoms with Crippen LogP contribution in [0, 0.1) is 0 Å². The SMILES string of the molecule is CCCCCCCCCC/C=C/CCCCCC(=O)O[C@@H](COC(=O)CCCCCCCCC)COP(=O)(O)OC[C@H](N)C(=O)O. The van der Waals surface area contributed by atoms with Crippen LogP contribution in [-0.2, 0) is 37.5 Å². The summed E-state index contributed by atoms with van der Waals surface area (Å²) in [7, 11) is -4.70. The van der Waals surface area contributed by atoms with Gasteiger partial charge in [-0.1, -0.05) is 116 Å². The third-order valence-electron chi connectivity index (χ3n) is 7.51. The third kappa shape index (κ3) is 29.6. The van der Waals surface area contributed by atoms with Gasteiger partial charge in [0.15, 0.2) is 6.10 Å². The van der Waals surface area contributed by atoms with E-state index in [0.717, 1.165) is 44.9 Å². The van der Waals surface area contributed by atoms with Crippen molar-refractivity contribution in [3.05, 3.63) is 12.2 Å². The van der Waals surface area contributed by atoms with Crippen molar-refractivity contribution in [1.29, 1.82) is 0 Å². The van der Waals surface area contributed by atoms with Crippen LogP contribution in [0.15, 0.2) is 12.2 Å². The molecule has 0 aromatic rings. The maximum absolute atomic E-state index is 12.5. The molecule has 4 N–H and O–H groups in total. The molecule has 12 heteroatoms. The van der Waals surface area contributed by atoms with Crippen LogP contribution in [0.2, 0.25) is 0 Å². The quantitative estimate of drug-likeness (QED) is 0.0265. The van der Waals surface area contributed by atoms with Crippen molar-refractivity contribution in [3.63, 3.8) is 0 Å². The fraction of sp³-hybridized carbons (Fsp3) is 0.853. The number of rotatable bonds is 33. The second-order valence-corrected chi connectivity index (χ2v) is 13.5. The number of nitrogens with two attached hydrogens (primary N) is 1. The van der Waals surface area contributed by atoms with E-state index >= 15 is 0 Å². The Hall–Kier alpha value is -1.78. The summed E-state index contributed by atoms with van der Waals surface area (Å²) in [5, 5.41) is 8.82. The van der Waals surface area contributed by atoms with Crippen LogP contribution in [-0.4, -0.2) is 59.9 Å². The van der Waals surface area contributed by atoms with E-state index in [1.54, 1.807) is 0 Å². The molecule has 0 heterocycles. The van der Waals surface area contributed by atoms with E-state index in [4.69, 9.17) is 24.8 Å². The fourth-order valence-electron chi connectivity index (χ4n) is 4.65. The van der Waals surface area contributed by atoms with Crippen molar-refractivity contribution in [1.82, 2.24) is 0 Å². The molecule has 0 aromatic heterocycles. The van der Waals surface area contributed by atoms with Gasteiger partial charge in [0.25, 0.3) is 0 Å². The number of carboxylic acids is 1. The van der Waals surface area contributed by atoms with Crippen LogP contribution in [0.1, 0.15) is 155 Å². The van der Waals surface area contributed by atoms with Crippen molar-refractivity contribution < 1.29 is 47.5 Å². The van der Waals surface area contributed by atoms with Crippen LogP contribution in [0.5, 0.6) is 0 Å². The Balaban J connectivity index is 4.45. The highest BCUT2D eigenvalue weighted by molar-refractivity contribution is 7.47. The van der Waals surface area contributed by atoms with Gasteiger partial charge in [-0.25, -0.2) is 4.57 Å². The molecule has 0 aliphatic carbocycles. The van der Waals surface area contributed by atoms with Crippen LogP contribution in [0.3, 0.4) is 0 Å². The zero-order valence-electron chi connectivity index (χ0n) is 28.7. The number of ether oxygens (including phenoxy) is 2. The van der Waals surface area contributed by atoms with Crippen molar-refractivity contribution in [2.45, 2.75) is 167 Å². The number of unbranched alkanes of at least 4 members (excludes halogenated alkanes) is 17. The number of phosphoric ester groups is 1. The van der Waals surface area contributed by atoms with E-state index in [1.807, 2.05) is 0 Å². The highest BCUT2D eigenvalue weighted by Crippen LogP contribution is 2.43. The minimum atomic E-state index is -4.70. The maximum Gasteiger partial charge on any atom is 0.472 e. The summed E-state index contributed by atoms with van der Waals surface area (Å²) in [6.07, 6.45) is 26.0. The minimum Gasteiger partial charge on any atom is -0.480 e. The summed E-state index contributed by atoms with van der Waals surface area (Å²) < 4.78 is 32.4. The second kappa shape index (κ2) is 30.5. The molecule has 0 rings (SSSR count). The van der Waals surface area contributed by atoms with E-state index in [-0.39, 0.29) is 19.4 Å². The van der Waals surface area contributed by atoms with Crippen molar-refractivity contribution in [2.24, 2.45) is 5.73 Å². The van der Waals surface area contributed by atoms with Gasteiger partial charge in [0, 0.05) is 12.8 Å². The summed E-state index contributed by atoms with van der Waals surface area (Å²) in [4.78, 5) is 45.4. The fourth-order valence-corrected chi connectivity index (χ4v) is 5.42. The third-order valence-corrected chi connectivity index (χ3v) is 8.46. The molecule has 0 radical (unpaired) electrons. The van der Waals surface area contributed by atoms with Gasteiger partial charge in [-0.05, 0) is 38.5 Å². The Morgan fingerprint density at radius 2 is 1.09 bits per heavy atom. The molecule has 0 spiro atoms. The van der Waals surface area contributed by atoms with Gasteiger partial charge >= 0.3 is 25.7 Å². The number of hydrogen-bond acceptors (Lipinski definition) is 9. The van der Waals surface area contributed by atoms with Gasteiger partial charge in [-0.15, -0.1) is 0 Å². The molecule has 0 saturated carbocycles. The highest BCUT2D eigenvalue weighted by atomic mass is 31.2. The van der Waals surface area contributed by atoms with Gasteiger partial charge in [-0.3, -0.25) is 23.4 Å². The molecule has 0 amide bonds. The van der Waals surface area contributed by atoms with Crippen LogP contribution in [0.4, 0.5) is 0 Å². The number of hydrogen-bond donors (Lipinski definition) is 3. The first kappa shape index (κ1) is 44.2. The number of carbonyl (C=O) groups is 3. The van der Waals surface area contributed by atoms with Gasteiger partial charge in [-0.2, -0.15) is 0 Å². The molecular formula is C34H64NO10P. The van der Waals surface area contributed by atoms with Gasteiger partial charge in [0.2, 0.25) is 0 Å². The van der Waals surface area contributed by atoms with E-state index in [2.05, 4.69) is 30.5 Å². The van der Waals surface area contributed by atoms with Crippen molar-refractivity contribution in [2.75, 3.05) is 19.8 Å². The molecule has 0 aliphatic heterocycles. The molecule has 3 atom stereocenters. The lowest BCUT2D eigenvalue weighted by Crippen LogP contribution is -2.34. The molecular weight excluding hydrogens is 613 g/mol. The molecule has 0 aromatic carbocycles. The molecule has 0 fully saturated rings. The molecule has 0 aliphatic rings. The van der Waals surface area contributed by atoms with Gasteiger partial charge in [0.1, 0.15) is 12.6 Å². The smallest absolute Gasteiger partial charge is 0.472 e. The van der Waals surface area contributed by atoms with Crippen molar-refractivity contribution in [3.8, 4) is 0 Å². The average molecular weight is 678 g/mol. The largest absolute Gasteiger partial charge is 0.480 e. The Morgan fingerprint density at radius 1 is 0.652 bits per heavy atom. The number of carboxylic acid groups (broad SMARTS) is 1. The highest BCUT2D eigenvalue weighted by Gasteiger charge is 2.28. The molecule has 0 saturated heterocycles. The van der Waals surface area contributed by atoms with Crippen molar-refractivity contribution >= 4 is 25.7 Å². The number of esters is 2. The van der Waals surface area contributed by atoms with E-state index in [9.17, 15) is 23.8 Å². The monoisotopic (exact) mass is 677 g/mol. The Bertz CT molecular complexity index is 854. The first-order valence-electron chi connectivity index (χ1n) is 17.7. The Labute approximate surface area is 278 Å². The van der Waals surface area contributed by atoms with E-state index < -0.39 is 51.1 Å². The maximum atomic E-state index is 12.5. The van der Waals surface area contributed by atoms with Crippen LogP contribution >= 0.6 is 7.82 Å². The first-order chi connectivity index (χ1) is 22.1. The lowest BCUT2D eigenvalue weighted by Gasteiger charge is -2.20.